The number of carbonyl (C=O) groups is 4. The first-order valence-electron chi connectivity index (χ1n) is 8.85. The zero-order valence-electron chi connectivity index (χ0n) is 15.6. The summed E-state index contributed by atoms with van der Waals surface area (Å²) in [4.78, 5) is 47.4. The number of hydrogen-bond acceptors (Lipinski definition) is 5. The van der Waals surface area contributed by atoms with Crippen LogP contribution in [0.25, 0.3) is 0 Å². The standard InChI is InChI=1S/C19H24N4O4/c1-18(2,3)16(26)19(20)9-12(19)10-4-6-11(7-5-10)21-15(25)13-8-14(24)23-17(27)22-13/h4-7,12-13H,8-9,20H2,1-3H3,(H,21,25)(H2,22,23,24,27). The van der Waals surface area contributed by atoms with Crippen LogP contribution in [0.2, 0.25) is 0 Å². The van der Waals surface area contributed by atoms with Crippen molar-refractivity contribution in [3.05, 3.63) is 29.8 Å². The first-order chi connectivity index (χ1) is 12.5. The first-order valence-corrected chi connectivity index (χ1v) is 8.85. The maximum absolute atomic E-state index is 12.5. The van der Waals surface area contributed by atoms with Gasteiger partial charge in [0.2, 0.25) is 11.8 Å². The number of benzene rings is 1. The second-order valence-electron chi connectivity index (χ2n) is 8.27. The molecule has 2 fully saturated rings. The van der Waals surface area contributed by atoms with Crippen molar-refractivity contribution >= 4 is 29.3 Å². The van der Waals surface area contributed by atoms with Gasteiger partial charge in [-0.2, -0.15) is 0 Å². The lowest BCUT2D eigenvalue weighted by atomic mass is 9.84. The van der Waals surface area contributed by atoms with E-state index < -0.39 is 34.8 Å². The molecule has 1 aliphatic heterocycles. The summed E-state index contributed by atoms with van der Waals surface area (Å²) in [5.74, 6) is -0.946. The van der Waals surface area contributed by atoms with Crippen LogP contribution >= 0.6 is 0 Å². The Bertz CT molecular complexity index is 796. The minimum Gasteiger partial charge on any atom is -0.325 e. The number of carbonyl (C=O) groups excluding carboxylic acids is 4. The van der Waals surface area contributed by atoms with Crippen LogP contribution in [0.1, 0.15) is 45.1 Å². The van der Waals surface area contributed by atoms with Gasteiger partial charge in [0.1, 0.15) is 6.04 Å². The van der Waals surface area contributed by atoms with E-state index in [1.54, 1.807) is 12.1 Å². The average molecular weight is 372 g/mol. The molecule has 27 heavy (non-hydrogen) atoms. The fraction of sp³-hybridized carbons (Fsp3) is 0.474. The minimum atomic E-state index is -0.907. The Balaban J connectivity index is 1.63. The summed E-state index contributed by atoms with van der Waals surface area (Å²) in [6.07, 6.45) is 0.500. The van der Waals surface area contributed by atoms with Crippen molar-refractivity contribution in [1.29, 1.82) is 0 Å². The van der Waals surface area contributed by atoms with Crippen LogP contribution in [-0.4, -0.2) is 35.2 Å². The number of amides is 4. The fourth-order valence-corrected chi connectivity index (χ4v) is 3.44. The highest BCUT2D eigenvalue weighted by Crippen LogP contribution is 2.52. The first kappa shape index (κ1) is 19.0. The Morgan fingerprint density at radius 1 is 1.19 bits per heavy atom. The van der Waals surface area contributed by atoms with E-state index in [0.29, 0.717) is 12.1 Å². The number of imide groups is 1. The average Bonchev–Trinajstić information content (AvgIpc) is 3.26. The van der Waals surface area contributed by atoms with E-state index in [2.05, 4.69) is 16.0 Å². The molecule has 1 saturated carbocycles. The third kappa shape index (κ3) is 3.85. The summed E-state index contributed by atoms with van der Waals surface area (Å²) in [5, 5.41) is 7.16. The Morgan fingerprint density at radius 2 is 1.81 bits per heavy atom. The second-order valence-corrected chi connectivity index (χ2v) is 8.27. The Hall–Kier alpha value is -2.74. The summed E-state index contributed by atoms with van der Waals surface area (Å²) in [6, 6.07) is 5.51. The predicted octanol–water partition coefficient (Wildman–Crippen LogP) is 1.02. The highest BCUT2D eigenvalue weighted by molar-refractivity contribution is 6.05. The normalized spacial score (nSPS) is 27.4. The molecule has 0 spiro atoms. The van der Waals surface area contributed by atoms with Gasteiger partial charge in [0.25, 0.3) is 0 Å². The van der Waals surface area contributed by atoms with Gasteiger partial charge in [-0.15, -0.1) is 0 Å². The van der Waals surface area contributed by atoms with Crippen molar-refractivity contribution in [3.63, 3.8) is 0 Å². The Kier molecular flexibility index (Phi) is 4.55. The lowest BCUT2D eigenvalue weighted by molar-refractivity contribution is -0.128. The van der Waals surface area contributed by atoms with E-state index in [1.807, 2.05) is 32.9 Å². The van der Waals surface area contributed by atoms with E-state index in [-0.39, 0.29) is 18.1 Å². The van der Waals surface area contributed by atoms with Crippen molar-refractivity contribution < 1.29 is 19.2 Å². The number of urea groups is 1. The molecular formula is C19H24N4O4. The molecule has 3 atom stereocenters. The van der Waals surface area contributed by atoms with Crippen LogP contribution in [0.15, 0.2) is 24.3 Å². The van der Waals surface area contributed by atoms with Crippen LogP contribution in [0.5, 0.6) is 0 Å². The van der Waals surface area contributed by atoms with Crippen molar-refractivity contribution in [2.45, 2.75) is 51.1 Å². The zero-order chi connectivity index (χ0) is 20.0. The van der Waals surface area contributed by atoms with Gasteiger partial charge in [-0.3, -0.25) is 19.7 Å². The summed E-state index contributed by atoms with van der Waals surface area (Å²) in [6.45, 7) is 5.59. The number of anilines is 1. The highest BCUT2D eigenvalue weighted by Gasteiger charge is 2.59. The molecule has 1 aromatic carbocycles. The Morgan fingerprint density at radius 3 is 2.37 bits per heavy atom. The molecule has 4 amide bonds. The van der Waals surface area contributed by atoms with Crippen LogP contribution in [0.3, 0.4) is 0 Å². The molecule has 0 aromatic heterocycles. The van der Waals surface area contributed by atoms with E-state index in [0.717, 1.165) is 5.56 Å². The molecule has 144 valence electrons. The number of hydrogen-bond donors (Lipinski definition) is 4. The number of Topliss-reactive ketones (excluding diaryl/α,β-unsaturated/α-hetero) is 1. The van der Waals surface area contributed by atoms with Gasteiger partial charge in [-0.25, -0.2) is 4.79 Å². The van der Waals surface area contributed by atoms with Gasteiger partial charge in [0, 0.05) is 17.0 Å². The molecule has 1 heterocycles. The fourth-order valence-electron chi connectivity index (χ4n) is 3.44. The summed E-state index contributed by atoms with van der Waals surface area (Å²) < 4.78 is 0. The lowest BCUT2D eigenvalue weighted by Gasteiger charge is -2.23. The Labute approximate surface area is 157 Å². The van der Waals surface area contributed by atoms with E-state index in [4.69, 9.17) is 5.73 Å². The van der Waals surface area contributed by atoms with Crippen molar-refractivity contribution in [2.24, 2.45) is 11.1 Å². The lowest BCUT2D eigenvalue weighted by Crippen LogP contribution is -2.56. The smallest absolute Gasteiger partial charge is 0.322 e. The van der Waals surface area contributed by atoms with Crippen LogP contribution in [0.4, 0.5) is 10.5 Å². The van der Waals surface area contributed by atoms with Gasteiger partial charge < -0.3 is 16.4 Å². The number of nitrogens with one attached hydrogen (secondary N) is 3. The molecule has 1 aliphatic carbocycles. The van der Waals surface area contributed by atoms with Gasteiger partial charge >= 0.3 is 6.03 Å². The van der Waals surface area contributed by atoms with Gasteiger partial charge in [-0.05, 0) is 24.1 Å². The topological polar surface area (TPSA) is 130 Å². The molecular weight excluding hydrogens is 348 g/mol. The molecule has 0 radical (unpaired) electrons. The maximum atomic E-state index is 12.5. The summed E-state index contributed by atoms with van der Waals surface area (Å²) in [7, 11) is 0. The van der Waals surface area contributed by atoms with Gasteiger partial charge in [-0.1, -0.05) is 32.9 Å². The van der Waals surface area contributed by atoms with E-state index >= 15 is 0 Å². The molecule has 8 nitrogen and oxygen atoms in total. The highest BCUT2D eigenvalue weighted by atomic mass is 16.2. The van der Waals surface area contributed by atoms with Crippen molar-refractivity contribution in [2.75, 3.05) is 5.32 Å². The van der Waals surface area contributed by atoms with Gasteiger partial charge in [0.05, 0.1) is 12.0 Å². The second kappa shape index (κ2) is 6.45. The SMILES string of the molecule is CC(C)(C)C(=O)C1(N)CC1c1ccc(NC(=O)C2CC(=O)NC(=O)N2)cc1. The summed E-state index contributed by atoms with van der Waals surface area (Å²) >= 11 is 0. The number of ketones is 1. The number of rotatable bonds is 4. The molecule has 8 heteroatoms. The minimum absolute atomic E-state index is 0.0321. The van der Waals surface area contributed by atoms with E-state index in [9.17, 15) is 19.2 Å². The van der Waals surface area contributed by atoms with Crippen molar-refractivity contribution in [3.8, 4) is 0 Å². The van der Waals surface area contributed by atoms with Gasteiger partial charge in [0.15, 0.2) is 5.78 Å². The zero-order valence-corrected chi connectivity index (χ0v) is 15.6. The third-order valence-electron chi connectivity index (χ3n) is 4.95. The molecule has 3 rings (SSSR count). The maximum Gasteiger partial charge on any atom is 0.322 e. The molecule has 0 bridgehead atoms. The van der Waals surface area contributed by atoms with Crippen LogP contribution < -0.4 is 21.7 Å². The molecule has 5 N–H and O–H groups in total. The summed E-state index contributed by atoms with van der Waals surface area (Å²) in [5.41, 5.74) is 6.45. The largest absolute Gasteiger partial charge is 0.325 e. The molecule has 1 aromatic rings. The quantitative estimate of drug-likeness (QED) is 0.627. The molecule has 3 unspecified atom stereocenters. The number of nitrogens with two attached hydrogens (primary N) is 1. The van der Waals surface area contributed by atoms with E-state index in [1.165, 1.54) is 0 Å². The predicted molar refractivity (Wildman–Crippen MR) is 98.9 cm³/mol. The van der Waals surface area contributed by atoms with Crippen LogP contribution in [0, 0.1) is 5.41 Å². The molecule has 1 saturated heterocycles. The van der Waals surface area contributed by atoms with Crippen LogP contribution in [-0.2, 0) is 14.4 Å². The van der Waals surface area contributed by atoms with Crippen molar-refractivity contribution in [1.82, 2.24) is 10.6 Å². The molecule has 2 aliphatic rings. The monoisotopic (exact) mass is 372 g/mol. The third-order valence-corrected chi connectivity index (χ3v) is 4.95.